The summed E-state index contributed by atoms with van der Waals surface area (Å²) in [5.41, 5.74) is 4.61. The minimum Gasteiger partial charge on any atom is -0.386 e. The molecule has 0 atom stereocenters. The number of hydrazine groups is 1. The monoisotopic (exact) mass is 272 g/mol. The average Bonchev–Trinajstić information content (AvgIpc) is 2.26. The predicted octanol–water partition coefficient (Wildman–Crippen LogP) is 0.202. The van der Waals surface area contributed by atoms with Gasteiger partial charge in [0.15, 0.2) is 0 Å². The van der Waals surface area contributed by atoms with Gasteiger partial charge in [-0.2, -0.15) is 0 Å². The molecule has 0 heterocycles. The molecule has 0 aliphatic rings. The van der Waals surface area contributed by atoms with Crippen molar-refractivity contribution in [3.8, 4) is 0 Å². The predicted molar refractivity (Wildman–Crippen MR) is 56.8 cm³/mol. The molecule has 0 saturated carbocycles. The molecular weight excluding hydrogens is 264 g/mol. The summed E-state index contributed by atoms with van der Waals surface area (Å²) < 4.78 is 0.860. The van der Waals surface area contributed by atoms with Crippen molar-refractivity contribution in [2.24, 2.45) is 0 Å². The highest BCUT2D eigenvalue weighted by molar-refractivity contribution is 9.10. The quantitative estimate of drug-likeness (QED) is 0.674. The summed E-state index contributed by atoms with van der Waals surface area (Å²) >= 11 is 3.23. The van der Waals surface area contributed by atoms with Crippen molar-refractivity contribution < 1.29 is 14.7 Å². The number of halogens is 1. The molecule has 0 spiro atoms. The van der Waals surface area contributed by atoms with Crippen LogP contribution < -0.4 is 10.9 Å². The summed E-state index contributed by atoms with van der Waals surface area (Å²) in [6, 6.07) is 6.63. The molecule has 0 radical (unpaired) electrons. The van der Waals surface area contributed by atoms with E-state index in [2.05, 4.69) is 21.4 Å². The Labute approximate surface area is 94.6 Å². The summed E-state index contributed by atoms with van der Waals surface area (Å²) in [6.07, 6.45) is 0. The first-order chi connectivity index (χ1) is 7.13. The second kappa shape index (κ2) is 5.47. The maximum absolute atomic E-state index is 11.4. The number of benzene rings is 1. The Kier molecular flexibility index (Phi) is 4.26. The number of aliphatic hydroxyl groups excluding tert-OH is 1. The molecule has 0 saturated heterocycles. The maximum Gasteiger partial charge on any atom is 0.269 e. The van der Waals surface area contributed by atoms with E-state index in [0.29, 0.717) is 5.56 Å². The Morgan fingerprint density at radius 1 is 1.20 bits per heavy atom. The van der Waals surface area contributed by atoms with E-state index in [4.69, 9.17) is 5.11 Å². The van der Waals surface area contributed by atoms with Crippen molar-refractivity contribution in [1.29, 1.82) is 0 Å². The normalized spacial score (nSPS) is 9.47. The van der Waals surface area contributed by atoms with Crippen LogP contribution in [0.2, 0.25) is 0 Å². The Hall–Kier alpha value is -1.40. The van der Waals surface area contributed by atoms with Gasteiger partial charge in [-0.3, -0.25) is 20.4 Å². The SMILES string of the molecule is O=C(CO)NNC(=O)c1ccc(Br)cc1. The molecule has 0 fully saturated rings. The summed E-state index contributed by atoms with van der Waals surface area (Å²) in [5.74, 6) is -1.11. The number of rotatable bonds is 2. The zero-order valence-corrected chi connectivity index (χ0v) is 9.24. The van der Waals surface area contributed by atoms with Gasteiger partial charge in [0.25, 0.3) is 11.8 Å². The molecular formula is C9H9BrN2O3. The topological polar surface area (TPSA) is 78.4 Å². The summed E-state index contributed by atoms with van der Waals surface area (Å²) in [6.45, 7) is -0.666. The van der Waals surface area contributed by atoms with Crippen LogP contribution in [0.1, 0.15) is 10.4 Å². The van der Waals surface area contributed by atoms with E-state index in [1.165, 1.54) is 0 Å². The van der Waals surface area contributed by atoms with Crippen molar-refractivity contribution in [3.05, 3.63) is 34.3 Å². The van der Waals surface area contributed by atoms with Gasteiger partial charge in [-0.25, -0.2) is 0 Å². The van der Waals surface area contributed by atoms with Gasteiger partial charge < -0.3 is 5.11 Å². The van der Waals surface area contributed by atoms with E-state index >= 15 is 0 Å². The summed E-state index contributed by atoms with van der Waals surface area (Å²) in [5, 5.41) is 8.39. The molecule has 5 nitrogen and oxygen atoms in total. The highest BCUT2D eigenvalue weighted by Gasteiger charge is 2.05. The molecule has 15 heavy (non-hydrogen) atoms. The fraction of sp³-hybridized carbons (Fsp3) is 0.111. The third-order valence-electron chi connectivity index (χ3n) is 1.57. The number of nitrogens with one attached hydrogen (secondary N) is 2. The Balaban J connectivity index is 2.54. The molecule has 3 N–H and O–H groups in total. The van der Waals surface area contributed by atoms with Gasteiger partial charge in [0.05, 0.1) is 0 Å². The number of carbonyl (C=O) groups is 2. The van der Waals surface area contributed by atoms with Gasteiger partial charge >= 0.3 is 0 Å². The van der Waals surface area contributed by atoms with Crippen LogP contribution in [0.15, 0.2) is 28.7 Å². The lowest BCUT2D eigenvalue weighted by Crippen LogP contribution is -2.42. The molecule has 1 aromatic rings. The van der Waals surface area contributed by atoms with Crippen LogP contribution in [0.5, 0.6) is 0 Å². The average molecular weight is 273 g/mol. The van der Waals surface area contributed by atoms with Gasteiger partial charge in [-0.1, -0.05) is 15.9 Å². The lowest BCUT2D eigenvalue weighted by molar-refractivity contribution is -0.124. The molecule has 6 heteroatoms. The largest absolute Gasteiger partial charge is 0.386 e. The first-order valence-electron chi connectivity index (χ1n) is 4.09. The molecule has 0 aliphatic carbocycles. The fourth-order valence-corrected chi connectivity index (χ4v) is 1.10. The van der Waals surface area contributed by atoms with Crippen molar-refractivity contribution in [2.75, 3.05) is 6.61 Å². The standard InChI is InChI=1S/C9H9BrN2O3/c10-7-3-1-6(2-4-7)9(15)12-11-8(14)5-13/h1-4,13H,5H2,(H,11,14)(H,12,15). The molecule has 0 aromatic heterocycles. The first-order valence-corrected chi connectivity index (χ1v) is 4.88. The molecule has 2 amide bonds. The molecule has 0 bridgehead atoms. The Bertz CT molecular complexity index is 364. The highest BCUT2D eigenvalue weighted by atomic mass is 79.9. The summed E-state index contributed by atoms with van der Waals surface area (Å²) in [4.78, 5) is 22.0. The van der Waals surface area contributed by atoms with Crippen LogP contribution in [0.4, 0.5) is 0 Å². The molecule has 0 unspecified atom stereocenters. The second-order valence-corrected chi connectivity index (χ2v) is 3.58. The van der Waals surface area contributed by atoms with Crippen LogP contribution in [0, 0.1) is 0 Å². The van der Waals surface area contributed by atoms with Crippen molar-refractivity contribution >= 4 is 27.7 Å². The zero-order chi connectivity index (χ0) is 11.3. The van der Waals surface area contributed by atoms with E-state index in [1.807, 2.05) is 5.43 Å². The molecule has 80 valence electrons. The smallest absolute Gasteiger partial charge is 0.269 e. The third kappa shape index (κ3) is 3.69. The van der Waals surface area contributed by atoms with E-state index in [-0.39, 0.29) is 0 Å². The van der Waals surface area contributed by atoms with E-state index in [0.717, 1.165) is 4.47 Å². The van der Waals surface area contributed by atoms with Crippen LogP contribution in [0.3, 0.4) is 0 Å². The maximum atomic E-state index is 11.4. The van der Waals surface area contributed by atoms with Gasteiger partial charge in [0, 0.05) is 10.0 Å². The first kappa shape index (κ1) is 11.7. The number of carbonyl (C=O) groups excluding carboxylic acids is 2. The number of amides is 2. The minimum absolute atomic E-state index is 0.413. The lowest BCUT2D eigenvalue weighted by Gasteiger charge is -2.05. The van der Waals surface area contributed by atoms with Crippen LogP contribution in [-0.2, 0) is 4.79 Å². The Morgan fingerprint density at radius 2 is 1.80 bits per heavy atom. The second-order valence-electron chi connectivity index (χ2n) is 2.67. The number of hydrogen-bond donors (Lipinski definition) is 3. The minimum atomic E-state index is -0.666. The van der Waals surface area contributed by atoms with Gasteiger partial charge in [-0.05, 0) is 24.3 Å². The van der Waals surface area contributed by atoms with Crippen molar-refractivity contribution in [1.82, 2.24) is 10.9 Å². The highest BCUT2D eigenvalue weighted by Crippen LogP contribution is 2.09. The molecule has 0 aliphatic heterocycles. The van der Waals surface area contributed by atoms with Crippen molar-refractivity contribution in [3.63, 3.8) is 0 Å². The van der Waals surface area contributed by atoms with Crippen LogP contribution in [-0.4, -0.2) is 23.5 Å². The van der Waals surface area contributed by atoms with E-state index < -0.39 is 18.4 Å². The Morgan fingerprint density at radius 3 is 2.33 bits per heavy atom. The van der Waals surface area contributed by atoms with Gasteiger partial charge in [0.2, 0.25) is 0 Å². The lowest BCUT2D eigenvalue weighted by atomic mass is 10.2. The van der Waals surface area contributed by atoms with Crippen molar-refractivity contribution in [2.45, 2.75) is 0 Å². The number of hydrogen-bond acceptors (Lipinski definition) is 3. The van der Waals surface area contributed by atoms with Crippen LogP contribution >= 0.6 is 15.9 Å². The van der Waals surface area contributed by atoms with Gasteiger partial charge in [0.1, 0.15) is 6.61 Å². The zero-order valence-electron chi connectivity index (χ0n) is 7.66. The van der Waals surface area contributed by atoms with E-state index in [1.54, 1.807) is 24.3 Å². The molecule has 1 aromatic carbocycles. The van der Waals surface area contributed by atoms with Crippen LogP contribution in [0.25, 0.3) is 0 Å². The van der Waals surface area contributed by atoms with Gasteiger partial charge in [-0.15, -0.1) is 0 Å². The number of aliphatic hydroxyl groups is 1. The summed E-state index contributed by atoms with van der Waals surface area (Å²) in [7, 11) is 0. The molecule has 1 rings (SSSR count). The third-order valence-corrected chi connectivity index (χ3v) is 2.09. The fourth-order valence-electron chi connectivity index (χ4n) is 0.839. The van der Waals surface area contributed by atoms with E-state index in [9.17, 15) is 9.59 Å².